The van der Waals surface area contributed by atoms with Crippen molar-refractivity contribution in [2.24, 2.45) is 5.73 Å². The number of nitrogens with zero attached hydrogens (tertiary/aromatic N) is 2. The molecule has 0 saturated carbocycles. The first-order valence-electron chi connectivity index (χ1n) is 11.5. The molecule has 1 aliphatic heterocycles. The number of primary amides is 1. The van der Waals surface area contributed by atoms with Crippen molar-refractivity contribution in [3.63, 3.8) is 0 Å². The van der Waals surface area contributed by atoms with Gasteiger partial charge < -0.3 is 24.7 Å². The fraction of sp³-hybridized carbons (Fsp3) is 0.407. The van der Waals surface area contributed by atoms with E-state index < -0.39 is 23.6 Å². The van der Waals surface area contributed by atoms with Crippen LogP contribution in [-0.2, 0) is 20.8 Å². The Hall–Kier alpha value is -3.32. The van der Waals surface area contributed by atoms with Crippen LogP contribution in [0.5, 0.6) is 0 Å². The average Bonchev–Trinajstić information content (AvgIpc) is 3.15. The summed E-state index contributed by atoms with van der Waals surface area (Å²) >= 11 is 0. The van der Waals surface area contributed by atoms with E-state index in [1.807, 2.05) is 76.6 Å². The third-order valence-corrected chi connectivity index (χ3v) is 6.40. The quantitative estimate of drug-likeness (QED) is 0.563. The summed E-state index contributed by atoms with van der Waals surface area (Å²) in [6, 6.07) is 10.00. The molecule has 2 N–H and O–H groups in total. The molecule has 0 aliphatic carbocycles. The van der Waals surface area contributed by atoms with Gasteiger partial charge in [0.2, 0.25) is 0 Å². The second-order valence-corrected chi connectivity index (χ2v) is 9.99. The largest absolute Gasteiger partial charge is 0.467 e. The van der Waals surface area contributed by atoms with Gasteiger partial charge in [-0.3, -0.25) is 4.79 Å². The highest BCUT2D eigenvalue weighted by Gasteiger charge is 2.36. The molecule has 1 amide bonds. The van der Waals surface area contributed by atoms with Crippen molar-refractivity contribution in [1.29, 1.82) is 0 Å². The Bertz CT molecular complexity index is 1280. The Labute approximate surface area is 200 Å². The molecule has 0 unspecified atom stereocenters. The van der Waals surface area contributed by atoms with Crippen molar-refractivity contribution < 1.29 is 19.1 Å². The fourth-order valence-electron chi connectivity index (χ4n) is 4.94. The maximum absolute atomic E-state index is 13.2. The Kier molecular flexibility index (Phi) is 5.94. The number of amides is 1. The number of carbonyl (C=O) groups excluding carboxylic acids is 2. The molecule has 1 aromatic heterocycles. The molecule has 0 spiro atoms. The lowest BCUT2D eigenvalue weighted by atomic mass is 9.87. The van der Waals surface area contributed by atoms with Crippen molar-refractivity contribution in [2.45, 2.75) is 52.9 Å². The van der Waals surface area contributed by atoms with E-state index in [1.165, 1.54) is 7.11 Å². The molecule has 1 aliphatic rings. The topological polar surface area (TPSA) is 86.8 Å². The van der Waals surface area contributed by atoms with E-state index in [2.05, 4.69) is 4.90 Å². The van der Waals surface area contributed by atoms with Crippen LogP contribution in [0.15, 0.2) is 30.3 Å². The van der Waals surface area contributed by atoms with Gasteiger partial charge in [-0.25, -0.2) is 4.79 Å². The highest BCUT2D eigenvalue weighted by molar-refractivity contribution is 6.11. The lowest BCUT2D eigenvalue weighted by molar-refractivity contribution is -0.164. The van der Waals surface area contributed by atoms with Gasteiger partial charge in [0, 0.05) is 31.1 Å². The summed E-state index contributed by atoms with van der Waals surface area (Å²) in [6.45, 7) is 11.2. The van der Waals surface area contributed by atoms with E-state index in [0.717, 1.165) is 44.4 Å². The predicted octanol–water partition coefficient (Wildman–Crippen LogP) is 4.50. The van der Waals surface area contributed by atoms with Gasteiger partial charge in [0.05, 0.1) is 23.9 Å². The molecular formula is C27H33N3O4. The van der Waals surface area contributed by atoms with Crippen LogP contribution in [0.2, 0.25) is 0 Å². The normalized spacial score (nSPS) is 14.4. The molecule has 7 heteroatoms. The molecule has 0 fully saturated rings. The minimum Gasteiger partial charge on any atom is -0.467 e. The van der Waals surface area contributed by atoms with Crippen LogP contribution in [0.3, 0.4) is 0 Å². The lowest BCUT2D eigenvalue weighted by Crippen LogP contribution is -2.32. The molecule has 2 heterocycles. The maximum atomic E-state index is 13.2. The van der Waals surface area contributed by atoms with Gasteiger partial charge in [-0.05, 0) is 57.4 Å². The van der Waals surface area contributed by atoms with Crippen LogP contribution in [0.4, 0.5) is 5.69 Å². The average molecular weight is 464 g/mol. The third kappa shape index (κ3) is 3.94. The number of ether oxygens (including phenoxy) is 2. The Morgan fingerprint density at radius 2 is 1.74 bits per heavy atom. The first-order chi connectivity index (χ1) is 15.9. The van der Waals surface area contributed by atoms with E-state index in [1.54, 1.807) is 0 Å². The molecule has 180 valence electrons. The fourth-order valence-corrected chi connectivity index (χ4v) is 4.94. The number of esters is 1. The molecule has 0 saturated heterocycles. The number of nitrogens with two attached hydrogens (primary N) is 1. The monoisotopic (exact) mass is 463 g/mol. The number of hydrogen-bond donors (Lipinski definition) is 1. The summed E-state index contributed by atoms with van der Waals surface area (Å²) in [5.41, 5.74) is 12.1. The van der Waals surface area contributed by atoms with Crippen molar-refractivity contribution >= 4 is 28.5 Å². The van der Waals surface area contributed by atoms with Gasteiger partial charge in [0.25, 0.3) is 5.91 Å². The van der Waals surface area contributed by atoms with Crippen LogP contribution in [0.1, 0.15) is 54.1 Å². The minimum absolute atomic E-state index is 0.459. The highest BCUT2D eigenvalue weighted by atomic mass is 16.6. The van der Waals surface area contributed by atoms with Crippen LogP contribution >= 0.6 is 0 Å². The number of anilines is 1. The van der Waals surface area contributed by atoms with Gasteiger partial charge in [-0.2, -0.15) is 0 Å². The zero-order valence-corrected chi connectivity index (χ0v) is 21.0. The number of carbonyl (C=O) groups is 2. The highest BCUT2D eigenvalue weighted by Crippen LogP contribution is 2.47. The van der Waals surface area contributed by atoms with Crippen LogP contribution in [-0.4, -0.2) is 42.7 Å². The number of benzene rings is 2. The second kappa shape index (κ2) is 8.47. The lowest BCUT2D eigenvalue weighted by Gasteiger charge is -2.34. The molecule has 2 aromatic carbocycles. The van der Waals surface area contributed by atoms with Crippen LogP contribution in [0.25, 0.3) is 22.0 Å². The summed E-state index contributed by atoms with van der Waals surface area (Å²) < 4.78 is 13.6. The summed E-state index contributed by atoms with van der Waals surface area (Å²) in [4.78, 5) is 27.7. The number of aromatic nitrogens is 1. The Balaban J connectivity index is 2.19. The third-order valence-electron chi connectivity index (χ3n) is 6.40. The molecule has 0 bridgehead atoms. The van der Waals surface area contributed by atoms with Crippen molar-refractivity contribution in [1.82, 2.24) is 4.57 Å². The number of rotatable bonds is 5. The summed E-state index contributed by atoms with van der Waals surface area (Å²) in [5, 5.41) is 0.867. The van der Waals surface area contributed by atoms with Gasteiger partial charge in [0.15, 0.2) is 6.10 Å². The molecule has 0 radical (unpaired) electrons. The number of aryl methyl sites for hydroxylation is 1. The Morgan fingerprint density at radius 1 is 1.09 bits per heavy atom. The van der Waals surface area contributed by atoms with Gasteiger partial charge in [0.1, 0.15) is 5.69 Å². The van der Waals surface area contributed by atoms with E-state index in [9.17, 15) is 9.59 Å². The molecule has 1 atom stereocenters. The SMILES string of the molecule is COC(=O)[C@@H](OC(C)(C)C)c1c(C)c2c3c(cc(C(N)=O)n3CCN2C)c1-c1ccc(C)cc1. The summed E-state index contributed by atoms with van der Waals surface area (Å²) in [7, 11) is 3.40. The first kappa shape index (κ1) is 23.8. The second-order valence-electron chi connectivity index (χ2n) is 9.99. The van der Waals surface area contributed by atoms with Crippen LogP contribution in [0, 0.1) is 13.8 Å². The number of methoxy groups -OCH3 is 1. The summed E-state index contributed by atoms with van der Waals surface area (Å²) in [6.07, 6.45) is -0.947. The van der Waals surface area contributed by atoms with Crippen LogP contribution < -0.4 is 10.6 Å². The molecule has 34 heavy (non-hydrogen) atoms. The van der Waals surface area contributed by atoms with Crippen molar-refractivity contribution in [3.05, 3.63) is 52.7 Å². The van der Waals surface area contributed by atoms with E-state index >= 15 is 0 Å². The zero-order valence-electron chi connectivity index (χ0n) is 21.0. The standard InChI is InChI=1S/C27H33N3O4/c1-15-8-10-17(11-9-15)21-18-14-19(25(28)31)30-13-12-29(6)22(23(18)30)16(2)20(21)24(26(32)33-7)34-27(3,4)5/h8-11,14,24H,12-13H2,1-7H3,(H2,28,31)/t24-/m0/s1. The predicted molar refractivity (Wildman–Crippen MR) is 134 cm³/mol. The van der Waals surface area contributed by atoms with Gasteiger partial charge >= 0.3 is 5.97 Å². The summed E-state index contributed by atoms with van der Waals surface area (Å²) in [5.74, 6) is -0.942. The van der Waals surface area contributed by atoms with Gasteiger partial charge in [-0.1, -0.05) is 29.8 Å². The Morgan fingerprint density at radius 3 is 2.29 bits per heavy atom. The zero-order chi connectivity index (χ0) is 24.9. The molecule has 3 aromatic rings. The van der Waals surface area contributed by atoms with E-state index in [4.69, 9.17) is 15.2 Å². The molecule has 7 nitrogen and oxygen atoms in total. The molecule has 4 rings (SSSR count). The van der Waals surface area contributed by atoms with Crippen molar-refractivity contribution in [3.8, 4) is 11.1 Å². The van der Waals surface area contributed by atoms with E-state index in [-0.39, 0.29) is 0 Å². The smallest absolute Gasteiger partial charge is 0.339 e. The maximum Gasteiger partial charge on any atom is 0.339 e. The first-order valence-corrected chi connectivity index (χ1v) is 11.5. The molecular weight excluding hydrogens is 430 g/mol. The minimum atomic E-state index is -0.947. The van der Waals surface area contributed by atoms with E-state index in [0.29, 0.717) is 18.8 Å². The number of likely N-dealkylation sites (N-methyl/N-ethyl adjacent to an activating group) is 1. The van der Waals surface area contributed by atoms with Gasteiger partial charge in [-0.15, -0.1) is 0 Å². The van der Waals surface area contributed by atoms with Crippen molar-refractivity contribution in [2.75, 3.05) is 25.6 Å². The number of hydrogen-bond acceptors (Lipinski definition) is 5.